The summed E-state index contributed by atoms with van der Waals surface area (Å²) in [6.45, 7) is 4.17. The van der Waals surface area contributed by atoms with Gasteiger partial charge < -0.3 is 5.32 Å². The Morgan fingerprint density at radius 3 is 1.89 bits per heavy atom. The van der Waals surface area contributed by atoms with Gasteiger partial charge in [-0.25, -0.2) is 9.97 Å². The van der Waals surface area contributed by atoms with E-state index >= 15 is 0 Å². The number of carbonyl (C=O) groups excluding carboxylic acids is 1. The van der Waals surface area contributed by atoms with E-state index in [1.807, 2.05) is 84.9 Å². The summed E-state index contributed by atoms with van der Waals surface area (Å²) in [5.74, 6) is -0.782. The maximum absolute atomic E-state index is 13.3. The lowest BCUT2D eigenvalue weighted by Gasteiger charge is -2.18. The van der Waals surface area contributed by atoms with Gasteiger partial charge in [0.05, 0.1) is 10.8 Å². The van der Waals surface area contributed by atoms with Crippen LogP contribution in [0.25, 0.3) is 0 Å². The quantitative estimate of drug-likeness (QED) is 0.212. The summed E-state index contributed by atoms with van der Waals surface area (Å²) in [6.07, 6.45) is 1.19. The third-order valence-electron chi connectivity index (χ3n) is 5.68. The van der Waals surface area contributed by atoms with Crippen LogP contribution in [0.2, 0.25) is 0 Å². The maximum Gasteiger partial charge on any atom is 0.355 e. The summed E-state index contributed by atoms with van der Waals surface area (Å²) in [5.41, 5.74) is 8.20. The standard InChI is InChI=1S/C27H26N6O3/c1-18(2)19-13-15-22(16-14-19)30-25-24(33(35)36)26(29-17-28-25)31-32-27(34)23(20-9-5-3-6-10-20)21-11-7-4-8-12-21/h3-18,23H,1-2H3,(H,32,34)(H2,28,29,30,31). The highest BCUT2D eigenvalue weighted by molar-refractivity contribution is 5.88. The zero-order valence-electron chi connectivity index (χ0n) is 19.9. The Balaban J connectivity index is 1.57. The molecule has 182 valence electrons. The maximum atomic E-state index is 13.3. The predicted molar refractivity (Wildman–Crippen MR) is 139 cm³/mol. The Hall–Kier alpha value is -4.79. The van der Waals surface area contributed by atoms with Crippen molar-refractivity contribution in [3.05, 3.63) is 118 Å². The molecule has 0 aliphatic rings. The van der Waals surface area contributed by atoms with Crippen molar-refractivity contribution in [3.8, 4) is 0 Å². The minimum atomic E-state index is -0.627. The highest BCUT2D eigenvalue weighted by atomic mass is 16.6. The number of hydrogen-bond donors (Lipinski definition) is 3. The van der Waals surface area contributed by atoms with Crippen molar-refractivity contribution >= 4 is 28.9 Å². The molecule has 1 aromatic heterocycles. The first-order valence-electron chi connectivity index (χ1n) is 11.5. The molecule has 3 aromatic carbocycles. The van der Waals surface area contributed by atoms with Gasteiger partial charge in [-0.15, -0.1) is 0 Å². The fourth-order valence-corrected chi connectivity index (χ4v) is 3.80. The van der Waals surface area contributed by atoms with Crippen LogP contribution < -0.4 is 16.2 Å². The van der Waals surface area contributed by atoms with E-state index in [1.165, 1.54) is 6.33 Å². The first kappa shape index (κ1) is 24.3. The topological polar surface area (TPSA) is 122 Å². The summed E-state index contributed by atoms with van der Waals surface area (Å²) >= 11 is 0. The lowest BCUT2D eigenvalue weighted by molar-refractivity contribution is -0.383. The van der Waals surface area contributed by atoms with Crippen LogP contribution >= 0.6 is 0 Å². The predicted octanol–water partition coefficient (Wildman–Crippen LogP) is 5.53. The smallest absolute Gasteiger partial charge is 0.334 e. The molecule has 0 unspecified atom stereocenters. The molecule has 0 aliphatic heterocycles. The molecule has 4 aromatic rings. The molecule has 0 saturated heterocycles. The number of amides is 1. The third-order valence-corrected chi connectivity index (χ3v) is 5.68. The zero-order chi connectivity index (χ0) is 25.5. The van der Waals surface area contributed by atoms with Crippen molar-refractivity contribution in [1.29, 1.82) is 0 Å². The Kier molecular flexibility index (Phi) is 7.50. The molecule has 1 amide bonds. The van der Waals surface area contributed by atoms with Crippen LogP contribution in [0.5, 0.6) is 0 Å². The molecule has 1 heterocycles. The van der Waals surface area contributed by atoms with Gasteiger partial charge in [0.2, 0.25) is 17.5 Å². The van der Waals surface area contributed by atoms with Crippen molar-refractivity contribution in [3.63, 3.8) is 0 Å². The Bertz CT molecular complexity index is 1290. The van der Waals surface area contributed by atoms with E-state index in [4.69, 9.17) is 0 Å². The number of rotatable bonds is 9. The van der Waals surface area contributed by atoms with Gasteiger partial charge >= 0.3 is 5.69 Å². The molecule has 0 fully saturated rings. The molecule has 0 bridgehead atoms. The average Bonchev–Trinajstić information content (AvgIpc) is 2.89. The number of carbonyl (C=O) groups is 1. The lowest BCUT2D eigenvalue weighted by Crippen LogP contribution is -2.35. The molecule has 0 aliphatic carbocycles. The molecule has 0 saturated carbocycles. The van der Waals surface area contributed by atoms with Crippen molar-refractivity contribution < 1.29 is 9.72 Å². The van der Waals surface area contributed by atoms with Crippen molar-refractivity contribution in [2.75, 3.05) is 10.7 Å². The molecule has 0 radical (unpaired) electrons. The Morgan fingerprint density at radius 1 is 0.806 bits per heavy atom. The van der Waals surface area contributed by atoms with Crippen LogP contribution in [0, 0.1) is 10.1 Å². The largest absolute Gasteiger partial charge is 0.355 e. The van der Waals surface area contributed by atoms with E-state index in [1.54, 1.807) is 0 Å². The fourth-order valence-electron chi connectivity index (χ4n) is 3.80. The fraction of sp³-hybridized carbons (Fsp3) is 0.148. The van der Waals surface area contributed by atoms with Crippen molar-refractivity contribution in [2.24, 2.45) is 0 Å². The van der Waals surface area contributed by atoms with Crippen LogP contribution in [0.3, 0.4) is 0 Å². The second-order valence-electron chi connectivity index (χ2n) is 8.45. The molecular formula is C27H26N6O3. The summed E-state index contributed by atoms with van der Waals surface area (Å²) in [7, 11) is 0. The highest BCUT2D eigenvalue weighted by Gasteiger charge is 2.26. The van der Waals surface area contributed by atoms with Crippen LogP contribution in [-0.4, -0.2) is 20.8 Å². The number of anilines is 3. The van der Waals surface area contributed by atoms with Gasteiger partial charge in [-0.3, -0.25) is 25.8 Å². The second-order valence-corrected chi connectivity index (χ2v) is 8.45. The number of aromatic nitrogens is 2. The number of nitrogens with one attached hydrogen (secondary N) is 3. The molecule has 0 atom stereocenters. The van der Waals surface area contributed by atoms with E-state index in [-0.39, 0.29) is 23.2 Å². The molecule has 36 heavy (non-hydrogen) atoms. The van der Waals surface area contributed by atoms with Crippen LogP contribution in [-0.2, 0) is 4.79 Å². The molecule has 4 rings (SSSR count). The van der Waals surface area contributed by atoms with E-state index in [2.05, 4.69) is 40.0 Å². The molecule has 3 N–H and O–H groups in total. The summed E-state index contributed by atoms with van der Waals surface area (Å²) in [5, 5.41) is 14.9. The lowest BCUT2D eigenvalue weighted by atomic mass is 9.91. The van der Waals surface area contributed by atoms with Gasteiger partial charge in [-0.1, -0.05) is 86.6 Å². The number of benzene rings is 3. The first-order chi connectivity index (χ1) is 17.4. The minimum Gasteiger partial charge on any atom is -0.334 e. The van der Waals surface area contributed by atoms with E-state index in [0.29, 0.717) is 11.6 Å². The average molecular weight is 483 g/mol. The van der Waals surface area contributed by atoms with Crippen LogP contribution in [0.15, 0.2) is 91.3 Å². The SMILES string of the molecule is CC(C)c1ccc(Nc2ncnc(NNC(=O)C(c3ccccc3)c3ccccc3)c2[N+](=O)[O-])cc1. The monoisotopic (exact) mass is 482 g/mol. The van der Waals surface area contributed by atoms with Gasteiger partial charge in [0.15, 0.2) is 0 Å². The number of nitro groups is 1. The first-order valence-corrected chi connectivity index (χ1v) is 11.5. The Morgan fingerprint density at radius 2 is 1.36 bits per heavy atom. The third kappa shape index (κ3) is 5.64. The molecule has 9 heteroatoms. The zero-order valence-corrected chi connectivity index (χ0v) is 19.9. The van der Waals surface area contributed by atoms with Crippen LogP contribution in [0.4, 0.5) is 23.0 Å². The van der Waals surface area contributed by atoms with E-state index in [9.17, 15) is 14.9 Å². The summed E-state index contributed by atoms with van der Waals surface area (Å²) < 4.78 is 0. The summed E-state index contributed by atoms with van der Waals surface area (Å²) in [6, 6.07) is 26.2. The van der Waals surface area contributed by atoms with Crippen molar-refractivity contribution in [1.82, 2.24) is 15.4 Å². The second kappa shape index (κ2) is 11.1. The molecular weight excluding hydrogens is 456 g/mol. The van der Waals surface area contributed by atoms with Gasteiger partial charge in [-0.05, 0) is 34.7 Å². The normalized spacial score (nSPS) is 10.8. The Labute approximate surface area is 208 Å². The molecule has 0 spiro atoms. The van der Waals surface area contributed by atoms with Crippen LogP contribution in [0.1, 0.15) is 42.4 Å². The van der Waals surface area contributed by atoms with E-state index < -0.39 is 10.8 Å². The minimum absolute atomic E-state index is 0.00622. The van der Waals surface area contributed by atoms with Gasteiger partial charge in [0.1, 0.15) is 6.33 Å². The van der Waals surface area contributed by atoms with E-state index in [0.717, 1.165) is 16.7 Å². The van der Waals surface area contributed by atoms with Gasteiger partial charge in [0.25, 0.3) is 0 Å². The number of hydrogen-bond acceptors (Lipinski definition) is 7. The van der Waals surface area contributed by atoms with Gasteiger partial charge in [0, 0.05) is 5.69 Å². The number of hydrazine groups is 1. The highest BCUT2D eigenvalue weighted by Crippen LogP contribution is 2.31. The number of nitrogens with zero attached hydrogens (tertiary/aromatic N) is 3. The van der Waals surface area contributed by atoms with Crippen molar-refractivity contribution in [2.45, 2.75) is 25.7 Å². The van der Waals surface area contributed by atoms with Gasteiger partial charge in [-0.2, -0.15) is 0 Å². The molecule has 9 nitrogen and oxygen atoms in total. The summed E-state index contributed by atoms with van der Waals surface area (Å²) in [4.78, 5) is 32.6.